The molecule has 0 bridgehead atoms. The van der Waals surface area contributed by atoms with Crippen molar-refractivity contribution in [1.29, 1.82) is 0 Å². The molecule has 0 saturated carbocycles. The molecule has 3 N–H and O–H groups in total. The van der Waals surface area contributed by atoms with Gasteiger partial charge >= 0.3 is 5.97 Å². The summed E-state index contributed by atoms with van der Waals surface area (Å²) >= 11 is 0. The predicted octanol–water partition coefficient (Wildman–Crippen LogP) is 0.720. The minimum atomic E-state index is -1.10. The molecule has 2 aromatic heterocycles. The Balaban J connectivity index is 2.15. The van der Waals surface area contributed by atoms with E-state index in [0.717, 1.165) is 12.3 Å². The van der Waals surface area contributed by atoms with E-state index in [1.807, 2.05) is 0 Å². The number of hydrogen-bond donors (Lipinski definition) is 3. The molecule has 2 rings (SSSR count). The average molecular weight is 259 g/mol. The number of amides is 1. The first kappa shape index (κ1) is 12.5. The Bertz CT molecular complexity index is 676. The van der Waals surface area contributed by atoms with Gasteiger partial charge in [0.25, 0.3) is 5.91 Å². The molecule has 0 aliphatic heterocycles. The Hall–Kier alpha value is -2.96. The lowest BCUT2D eigenvalue weighted by atomic mass is 10.2. The van der Waals surface area contributed by atoms with Crippen LogP contribution in [0, 0.1) is 0 Å². The van der Waals surface area contributed by atoms with Gasteiger partial charge in [-0.1, -0.05) is 0 Å². The molecule has 1 amide bonds. The van der Waals surface area contributed by atoms with Crippen LogP contribution in [0.15, 0.2) is 41.5 Å². The summed E-state index contributed by atoms with van der Waals surface area (Å²) in [6, 6.07) is 5.29. The molecular formula is C12H9N3O4. The number of carboxylic acids is 1. The van der Waals surface area contributed by atoms with Crippen molar-refractivity contribution >= 4 is 17.7 Å². The van der Waals surface area contributed by atoms with E-state index in [2.05, 4.69) is 15.3 Å². The normalized spacial score (nSPS) is 9.89. The number of carboxylic acid groups (broad SMARTS) is 1. The smallest absolute Gasteiger partial charge is 0.337 e. The number of carbonyl (C=O) groups is 2. The van der Waals surface area contributed by atoms with Gasteiger partial charge < -0.3 is 15.4 Å². The summed E-state index contributed by atoms with van der Waals surface area (Å²) in [5.41, 5.74) is -0.177. The summed E-state index contributed by atoms with van der Waals surface area (Å²) in [6.07, 6.45) is 2.49. The average Bonchev–Trinajstić information content (AvgIpc) is 2.39. The summed E-state index contributed by atoms with van der Waals surface area (Å²) in [4.78, 5) is 39.6. The Morgan fingerprint density at radius 2 is 2.00 bits per heavy atom. The molecular weight excluding hydrogens is 250 g/mol. The van der Waals surface area contributed by atoms with Gasteiger partial charge in [-0.3, -0.25) is 9.59 Å². The molecule has 0 aliphatic carbocycles. The van der Waals surface area contributed by atoms with Crippen LogP contribution in [0.3, 0.4) is 0 Å². The lowest BCUT2D eigenvalue weighted by Gasteiger charge is -2.04. The molecule has 0 unspecified atom stereocenters. The Morgan fingerprint density at radius 1 is 1.21 bits per heavy atom. The number of aromatic carboxylic acids is 1. The van der Waals surface area contributed by atoms with Crippen LogP contribution >= 0.6 is 0 Å². The molecule has 0 spiro atoms. The number of nitrogens with one attached hydrogen (secondary N) is 2. The van der Waals surface area contributed by atoms with Gasteiger partial charge in [-0.05, 0) is 18.2 Å². The first-order chi connectivity index (χ1) is 9.06. The number of aromatic amines is 1. The topological polar surface area (TPSA) is 112 Å². The number of nitrogens with zero attached hydrogens (tertiary/aromatic N) is 1. The van der Waals surface area contributed by atoms with Gasteiger partial charge in [-0.2, -0.15) is 0 Å². The van der Waals surface area contributed by atoms with Gasteiger partial charge in [0.2, 0.25) is 5.56 Å². The van der Waals surface area contributed by atoms with Gasteiger partial charge in [0.15, 0.2) is 0 Å². The standard InChI is InChI=1S/C12H9N3O4/c16-10-5-7(3-4-13-10)11(17)15-9-2-1-8(6-14-9)12(18)19/h1-6H,(H,13,16)(H,18,19)(H,14,15,17). The maximum atomic E-state index is 11.8. The molecule has 0 atom stereocenters. The quantitative estimate of drug-likeness (QED) is 0.751. The van der Waals surface area contributed by atoms with Gasteiger partial charge in [0.1, 0.15) is 5.82 Å². The lowest BCUT2D eigenvalue weighted by molar-refractivity contribution is 0.0696. The van der Waals surface area contributed by atoms with E-state index in [0.29, 0.717) is 0 Å². The van der Waals surface area contributed by atoms with Crippen LogP contribution in [0.1, 0.15) is 20.7 Å². The molecule has 0 fully saturated rings. The fraction of sp³-hybridized carbons (Fsp3) is 0. The second-order valence-electron chi connectivity index (χ2n) is 3.63. The third-order valence-electron chi connectivity index (χ3n) is 2.29. The highest BCUT2D eigenvalue weighted by molar-refractivity contribution is 6.03. The molecule has 0 aromatic carbocycles. The molecule has 7 nitrogen and oxygen atoms in total. The zero-order valence-corrected chi connectivity index (χ0v) is 9.58. The third-order valence-corrected chi connectivity index (χ3v) is 2.29. The molecule has 7 heteroatoms. The number of carbonyl (C=O) groups excluding carboxylic acids is 1. The summed E-state index contributed by atoms with van der Waals surface area (Å²) in [7, 11) is 0. The monoisotopic (exact) mass is 259 g/mol. The predicted molar refractivity (Wildman–Crippen MR) is 66.2 cm³/mol. The number of aromatic nitrogens is 2. The van der Waals surface area contributed by atoms with Crippen LogP contribution in [0.5, 0.6) is 0 Å². The minimum Gasteiger partial charge on any atom is -0.478 e. The van der Waals surface area contributed by atoms with E-state index < -0.39 is 11.9 Å². The Morgan fingerprint density at radius 3 is 2.58 bits per heavy atom. The van der Waals surface area contributed by atoms with Crippen molar-refractivity contribution in [2.45, 2.75) is 0 Å². The van der Waals surface area contributed by atoms with E-state index in [-0.39, 0.29) is 22.5 Å². The van der Waals surface area contributed by atoms with Gasteiger partial charge in [0.05, 0.1) is 5.56 Å². The van der Waals surface area contributed by atoms with E-state index in [1.165, 1.54) is 24.4 Å². The fourth-order valence-electron chi connectivity index (χ4n) is 1.37. The number of rotatable bonds is 3. The van der Waals surface area contributed by atoms with Gasteiger partial charge in [-0.15, -0.1) is 0 Å². The first-order valence-corrected chi connectivity index (χ1v) is 5.26. The molecule has 19 heavy (non-hydrogen) atoms. The van der Waals surface area contributed by atoms with E-state index in [9.17, 15) is 14.4 Å². The maximum Gasteiger partial charge on any atom is 0.337 e. The number of H-pyrrole nitrogens is 1. The second kappa shape index (κ2) is 5.13. The zero-order valence-electron chi connectivity index (χ0n) is 9.58. The Kier molecular flexibility index (Phi) is 3.37. The van der Waals surface area contributed by atoms with Crippen LogP contribution in [0.2, 0.25) is 0 Å². The highest BCUT2D eigenvalue weighted by atomic mass is 16.4. The molecule has 2 heterocycles. The largest absolute Gasteiger partial charge is 0.478 e. The molecule has 96 valence electrons. The number of anilines is 1. The summed E-state index contributed by atoms with van der Waals surface area (Å²) in [6.45, 7) is 0. The summed E-state index contributed by atoms with van der Waals surface area (Å²) in [5.74, 6) is -1.39. The van der Waals surface area contributed by atoms with E-state index >= 15 is 0 Å². The van der Waals surface area contributed by atoms with E-state index in [4.69, 9.17) is 5.11 Å². The lowest BCUT2D eigenvalue weighted by Crippen LogP contribution is -2.16. The SMILES string of the molecule is O=C(O)c1ccc(NC(=O)c2cc[nH]c(=O)c2)nc1. The second-order valence-corrected chi connectivity index (χ2v) is 3.63. The van der Waals surface area contributed by atoms with E-state index in [1.54, 1.807) is 0 Å². The van der Waals surface area contributed by atoms with Gasteiger partial charge in [0, 0.05) is 24.0 Å². The molecule has 0 radical (unpaired) electrons. The Labute approximate surface area is 106 Å². The van der Waals surface area contributed by atoms with Crippen LogP contribution < -0.4 is 10.9 Å². The minimum absolute atomic E-state index is 0.0224. The van der Waals surface area contributed by atoms with Crippen molar-refractivity contribution in [2.75, 3.05) is 5.32 Å². The number of hydrogen-bond acceptors (Lipinski definition) is 4. The molecule has 0 aliphatic rings. The van der Waals surface area contributed by atoms with Crippen LogP contribution in [0.4, 0.5) is 5.82 Å². The van der Waals surface area contributed by atoms with Crippen molar-refractivity contribution in [2.24, 2.45) is 0 Å². The zero-order chi connectivity index (χ0) is 13.8. The number of pyridine rings is 2. The molecule has 0 saturated heterocycles. The molecule has 2 aromatic rings. The van der Waals surface area contributed by atoms with Crippen LogP contribution in [0.25, 0.3) is 0 Å². The third kappa shape index (κ3) is 3.03. The van der Waals surface area contributed by atoms with Crippen molar-refractivity contribution in [3.63, 3.8) is 0 Å². The summed E-state index contributed by atoms with van der Waals surface area (Å²) < 4.78 is 0. The fourth-order valence-corrected chi connectivity index (χ4v) is 1.37. The van der Waals surface area contributed by atoms with Gasteiger partial charge in [-0.25, -0.2) is 9.78 Å². The van der Waals surface area contributed by atoms with Crippen molar-refractivity contribution in [1.82, 2.24) is 9.97 Å². The maximum absolute atomic E-state index is 11.8. The van der Waals surface area contributed by atoms with Crippen molar-refractivity contribution in [3.8, 4) is 0 Å². The van der Waals surface area contributed by atoms with Crippen molar-refractivity contribution in [3.05, 3.63) is 58.1 Å². The highest BCUT2D eigenvalue weighted by Crippen LogP contribution is 2.06. The van der Waals surface area contributed by atoms with Crippen LogP contribution in [-0.4, -0.2) is 27.0 Å². The summed E-state index contributed by atoms with van der Waals surface area (Å²) in [5, 5.41) is 11.2. The first-order valence-electron chi connectivity index (χ1n) is 5.26. The van der Waals surface area contributed by atoms with Crippen LogP contribution in [-0.2, 0) is 0 Å². The highest BCUT2D eigenvalue weighted by Gasteiger charge is 2.08. The van der Waals surface area contributed by atoms with Crippen molar-refractivity contribution < 1.29 is 14.7 Å².